The van der Waals surface area contributed by atoms with Gasteiger partial charge in [0.25, 0.3) is 10.0 Å². The number of hydrogen-bond acceptors (Lipinski definition) is 3. The van der Waals surface area contributed by atoms with Crippen molar-refractivity contribution in [3.63, 3.8) is 0 Å². The number of hydrogen-bond donors (Lipinski definition) is 2. The molecule has 0 radical (unpaired) electrons. The van der Waals surface area contributed by atoms with E-state index in [0.29, 0.717) is 4.47 Å². The minimum absolute atomic E-state index is 0.000191. The molecular formula is C13H9Br2NO4S. The lowest BCUT2D eigenvalue weighted by Gasteiger charge is -2.11. The van der Waals surface area contributed by atoms with Gasteiger partial charge in [-0.05, 0) is 42.5 Å². The average Bonchev–Trinajstić information content (AvgIpc) is 2.38. The van der Waals surface area contributed by atoms with Crippen LogP contribution in [-0.2, 0) is 10.0 Å². The van der Waals surface area contributed by atoms with Crippen LogP contribution in [-0.4, -0.2) is 19.5 Å². The normalized spacial score (nSPS) is 11.1. The fourth-order valence-electron chi connectivity index (χ4n) is 1.60. The highest BCUT2D eigenvalue weighted by molar-refractivity contribution is 9.10. The highest BCUT2D eigenvalue weighted by atomic mass is 79.9. The standard InChI is InChI=1S/C13H9Br2NO4S/c14-8-1-4-10(5-2-8)21(19,20)16-12-7-9(15)3-6-11(12)13(17)18/h1-7,16H,(H,17,18). The number of carbonyl (C=O) groups is 1. The van der Waals surface area contributed by atoms with Crippen LogP contribution in [0.5, 0.6) is 0 Å². The average molecular weight is 435 g/mol. The van der Waals surface area contributed by atoms with Gasteiger partial charge < -0.3 is 5.11 Å². The summed E-state index contributed by atoms with van der Waals surface area (Å²) in [4.78, 5) is 11.2. The molecule has 110 valence electrons. The summed E-state index contributed by atoms with van der Waals surface area (Å²) in [5.41, 5.74) is -0.126. The van der Waals surface area contributed by atoms with E-state index in [2.05, 4.69) is 36.6 Å². The first-order valence-electron chi connectivity index (χ1n) is 5.61. The minimum atomic E-state index is -3.86. The van der Waals surface area contributed by atoms with Crippen LogP contribution in [0.25, 0.3) is 0 Å². The molecule has 0 saturated carbocycles. The van der Waals surface area contributed by atoms with E-state index in [4.69, 9.17) is 5.11 Å². The summed E-state index contributed by atoms with van der Waals surface area (Å²) >= 11 is 6.40. The van der Waals surface area contributed by atoms with Crippen molar-refractivity contribution >= 4 is 53.5 Å². The quantitative estimate of drug-likeness (QED) is 0.768. The molecule has 21 heavy (non-hydrogen) atoms. The number of carboxylic acid groups (broad SMARTS) is 1. The second-order valence-electron chi connectivity index (χ2n) is 4.05. The van der Waals surface area contributed by atoms with Crippen LogP contribution in [0.4, 0.5) is 5.69 Å². The minimum Gasteiger partial charge on any atom is -0.478 e. The lowest BCUT2D eigenvalue weighted by molar-refractivity contribution is 0.0698. The van der Waals surface area contributed by atoms with Gasteiger partial charge in [-0.1, -0.05) is 31.9 Å². The first-order chi connectivity index (χ1) is 9.79. The fourth-order valence-corrected chi connectivity index (χ4v) is 3.30. The molecule has 0 aliphatic carbocycles. The molecule has 0 saturated heterocycles. The van der Waals surface area contributed by atoms with Crippen LogP contribution < -0.4 is 4.72 Å². The maximum Gasteiger partial charge on any atom is 0.337 e. The molecule has 0 atom stereocenters. The van der Waals surface area contributed by atoms with Gasteiger partial charge in [-0.15, -0.1) is 0 Å². The summed E-state index contributed by atoms with van der Waals surface area (Å²) in [6.45, 7) is 0. The molecule has 0 aliphatic rings. The van der Waals surface area contributed by atoms with Gasteiger partial charge in [-0.3, -0.25) is 4.72 Å². The molecule has 0 fully saturated rings. The Hall–Kier alpha value is -1.38. The predicted molar refractivity (Wildman–Crippen MR) is 86.1 cm³/mol. The largest absolute Gasteiger partial charge is 0.478 e. The molecule has 2 aromatic carbocycles. The number of benzene rings is 2. The molecule has 2 aromatic rings. The highest BCUT2D eigenvalue weighted by Gasteiger charge is 2.18. The fraction of sp³-hybridized carbons (Fsp3) is 0. The van der Waals surface area contributed by atoms with Gasteiger partial charge in [0.1, 0.15) is 0 Å². The lowest BCUT2D eigenvalue weighted by Crippen LogP contribution is -2.15. The Kier molecular flexibility index (Phi) is 4.70. The summed E-state index contributed by atoms with van der Waals surface area (Å²) in [5, 5.41) is 9.10. The zero-order chi connectivity index (χ0) is 15.6. The Bertz CT molecular complexity index is 788. The number of aromatic carboxylic acids is 1. The van der Waals surface area contributed by atoms with Crippen molar-refractivity contribution in [2.24, 2.45) is 0 Å². The van der Waals surface area contributed by atoms with Gasteiger partial charge in [0.05, 0.1) is 16.1 Å². The number of rotatable bonds is 4. The maximum absolute atomic E-state index is 12.3. The number of halogens is 2. The zero-order valence-electron chi connectivity index (χ0n) is 10.4. The van der Waals surface area contributed by atoms with Gasteiger partial charge in [-0.25, -0.2) is 13.2 Å². The molecule has 0 unspecified atom stereocenters. The van der Waals surface area contributed by atoms with Crippen molar-refractivity contribution in [1.82, 2.24) is 0 Å². The van der Waals surface area contributed by atoms with Crippen molar-refractivity contribution in [2.75, 3.05) is 4.72 Å². The Morgan fingerprint density at radius 1 is 1.00 bits per heavy atom. The molecule has 8 heteroatoms. The molecule has 2 N–H and O–H groups in total. The van der Waals surface area contributed by atoms with E-state index in [1.165, 1.54) is 30.3 Å². The molecule has 0 bridgehead atoms. The van der Waals surface area contributed by atoms with E-state index < -0.39 is 16.0 Å². The first kappa shape index (κ1) is 16.0. The van der Waals surface area contributed by atoms with Crippen LogP contribution in [0.15, 0.2) is 56.3 Å². The molecular weight excluding hydrogens is 426 g/mol. The lowest BCUT2D eigenvalue weighted by atomic mass is 10.2. The van der Waals surface area contributed by atoms with E-state index in [9.17, 15) is 13.2 Å². The molecule has 5 nitrogen and oxygen atoms in total. The third-order valence-corrected chi connectivity index (χ3v) is 4.98. The van der Waals surface area contributed by atoms with Crippen LogP contribution in [0, 0.1) is 0 Å². The Balaban J connectivity index is 2.43. The predicted octanol–water partition coefficient (Wildman–Crippen LogP) is 3.71. The monoisotopic (exact) mass is 433 g/mol. The SMILES string of the molecule is O=C(O)c1ccc(Br)cc1NS(=O)(=O)c1ccc(Br)cc1. The van der Waals surface area contributed by atoms with Gasteiger partial charge in [0, 0.05) is 8.95 Å². The number of carboxylic acids is 1. The van der Waals surface area contributed by atoms with Gasteiger partial charge >= 0.3 is 5.97 Å². The second-order valence-corrected chi connectivity index (χ2v) is 7.57. The number of nitrogens with one attached hydrogen (secondary N) is 1. The first-order valence-corrected chi connectivity index (χ1v) is 8.68. The highest BCUT2D eigenvalue weighted by Crippen LogP contribution is 2.25. The summed E-state index contributed by atoms with van der Waals surface area (Å²) < 4.78 is 28.1. The Labute approximate surface area is 138 Å². The van der Waals surface area contributed by atoms with Crippen LogP contribution >= 0.6 is 31.9 Å². The summed E-state index contributed by atoms with van der Waals surface area (Å²) in [6, 6.07) is 10.3. The topological polar surface area (TPSA) is 83.5 Å². The van der Waals surface area contributed by atoms with Crippen LogP contribution in [0.3, 0.4) is 0 Å². The summed E-state index contributed by atoms with van der Waals surface area (Å²) in [6.07, 6.45) is 0. The van der Waals surface area contributed by atoms with Crippen molar-refractivity contribution in [2.45, 2.75) is 4.90 Å². The number of sulfonamides is 1. The van der Waals surface area contributed by atoms with Gasteiger partial charge in [0.2, 0.25) is 0 Å². The second kappa shape index (κ2) is 6.17. The van der Waals surface area contributed by atoms with Crippen molar-refractivity contribution in [1.29, 1.82) is 0 Å². The van der Waals surface area contributed by atoms with Crippen LogP contribution in [0.2, 0.25) is 0 Å². The molecule has 0 aromatic heterocycles. The van der Waals surface area contributed by atoms with E-state index >= 15 is 0 Å². The molecule has 0 amide bonds. The van der Waals surface area contributed by atoms with Gasteiger partial charge in [0.15, 0.2) is 0 Å². The van der Waals surface area contributed by atoms with Crippen molar-refractivity contribution in [3.8, 4) is 0 Å². The molecule has 0 heterocycles. The zero-order valence-corrected chi connectivity index (χ0v) is 14.4. The third-order valence-electron chi connectivity index (χ3n) is 2.58. The van der Waals surface area contributed by atoms with E-state index in [1.54, 1.807) is 12.1 Å². The Morgan fingerprint density at radius 2 is 1.57 bits per heavy atom. The summed E-state index contributed by atoms with van der Waals surface area (Å²) in [5.74, 6) is -1.21. The third kappa shape index (κ3) is 3.84. The molecule has 2 rings (SSSR count). The van der Waals surface area contributed by atoms with Crippen molar-refractivity contribution in [3.05, 3.63) is 57.0 Å². The van der Waals surface area contributed by atoms with Gasteiger partial charge in [-0.2, -0.15) is 0 Å². The smallest absolute Gasteiger partial charge is 0.337 e. The van der Waals surface area contributed by atoms with E-state index in [1.807, 2.05) is 0 Å². The molecule has 0 aliphatic heterocycles. The van der Waals surface area contributed by atoms with Crippen LogP contribution in [0.1, 0.15) is 10.4 Å². The summed E-state index contributed by atoms with van der Waals surface area (Å²) in [7, 11) is -3.86. The maximum atomic E-state index is 12.3. The Morgan fingerprint density at radius 3 is 2.14 bits per heavy atom. The van der Waals surface area contributed by atoms with Crippen molar-refractivity contribution < 1.29 is 18.3 Å². The molecule has 0 spiro atoms. The van der Waals surface area contributed by atoms with E-state index in [-0.39, 0.29) is 16.1 Å². The number of anilines is 1. The van der Waals surface area contributed by atoms with E-state index in [0.717, 1.165) is 4.47 Å².